The van der Waals surface area contributed by atoms with E-state index >= 15 is 0 Å². The lowest BCUT2D eigenvalue weighted by atomic mass is 9.97. The van der Waals surface area contributed by atoms with Gasteiger partial charge in [-0.25, -0.2) is 5.53 Å². The lowest BCUT2D eigenvalue weighted by Gasteiger charge is -2.15. The Hall–Kier alpha value is -1.59. The summed E-state index contributed by atoms with van der Waals surface area (Å²) < 4.78 is 37.5. The minimum atomic E-state index is -4.43. The van der Waals surface area contributed by atoms with Crippen LogP contribution in [0, 0.1) is 5.53 Å². The molecule has 0 saturated heterocycles. The number of halogens is 3. The molecular weight excluding hydrogens is 219 g/mol. The van der Waals surface area contributed by atoms with Crippen LogP contribution in [-0.2, 0) is 6.18 Å². The van der Waals surface area contributed by atoms with Crippen molar-refractivity contribution in [3.8, 4) is 0 Å². The van der Waals surface area contributed by atoms with Crippen molar-refractivity contribution in [2.24, 2.45) is 5.11 Å². The fourth-order valence-corrected chi connectivity index (χ4v) is 1.41. The Morgan fingerprint density at radius 1 is 1.31 bits per heavy atom. The second-order valence-corrected chi connectivity index (χ2v) is 3.77. The van der Waals surface area contributed by atoms with Crippen molar-refractivity contribution in [2.45, 2.75) is 25.9 Å². The molecule has 0 heterocycles. The molecule has 3 nitrogen and oxygen atoms in total. The van der Waals surface area contributed by atoms with Gasteiger partial charge in [0.2, 0.25) is 0 Å². The zero-order chi connectivity index (χ0) is 12.5. The highest BCUT2D eigenvalue weighted by atomic mass is 19.4. The average molecular weight is 231 g/mol. The lowest BCUT2D eigenvalue weighted by molar-refractivity contribution is -0.137. The first-order valence-electron chi connectivity index (χ1n) is 4.65. The fraction of sp³-hybridized carbons (Fsp3) is 0.400. The first kappa shape index (κ1) is 12.5. The second-order valence-electron chi connectivity index (χ2n) is 3.77. The third-order valence-corrected chi connectivity index (χ3v) is 2.23. The molecule has 6 heteroatoms. The molecule has 0 aliphatic rings. The zero-order valence-electron chi connectivity index (χ0n) is 8.89. The zero-order valence-corrected chi connectivity index (χ0v) is 8.89. The van der Waals surface area contributed by atoms with Crippen molar-refractivity contribution in [1.82, 2.24) is 0 Å². The van der Waals surface area contributed by atoms with Gasteiger partial charge < -0.3 is 5.73 Å². The molecule has 0 aliphatic carbocycles. The van der Waals surface area contributed by atoms with E-state index in [2.05, 4.69) is 5.11 Å². The van der Waals surface area contributed by atoms with E-state index in [1.807, 2.05) is 0 Å². The van der Waals surface area contributed by atoms with E-state index in [0.717, 1.165) is 12.1 Å². The minimum absolute atomic E-state index is 0.114. The molecular formula is C10H12F3N3. The average Bonchev–Trinajstić information content (AvgIpc) is 2.14. The number of anilines is 1. The second kappa shape index (κ2) is 4.11. The number of rotatable bonds is 2. The summed E-state index contributed by atoms with van der Waals surface area (Å²) in [5.41, 5.74) is 11.9. The summed E-state index contributed by atoms with van der Waals surface area (Å²) in [5, 5.41) is 3.17. The fourth-order valence-electron chi connectivity index (χ4n) is 1.41. The van der Waals surface area contributed by atoms with Crippen molar-refractivity contribution in [3.05, 3.63) is 23.3 Å². The molecule has 1 aromatic carbocycles. The standard InChI is InChI=1S/C10H12F3N3/c1-5(2)7-3-6(10(11,12)13)4-8(14)9(7)16-15/h3-5,15H,14H2,1-2H3. The first-order valence-corrected chi connectivity index (χ1v) is 4.65. The summed E-state index contributed by atoms with van der Waals surface area (Å²) in [6.07, 6.45) is -4.43. The Balaban J connectivity index is 3.46. The molecule has 1 rings (SSSR count). The van der Waals surface area contributed by atoms with Gasteiger partial charge in [-0.1, -0.05) is 13.8 Å². The number of nitrogens with one attached hydrogen (secondary N) is 1. The van der Waals surface area contributed by atoms with E-state index in [9.17, 15) is 13.2 Å². The van der Waals surface area contributed by atoms with E-state index in [1.165, 1.54) is 0 Å². The molecule has 1 aromatic rings. The molecule has 0 spiro atoms. The van der Waals surface area contributed by atoms with Gasteiger partial charge in [0, 0.05) is 0 Å². The summed E-state index contributed by atoms with van der Waals surface area (Å²) in [5.74, 6) is -0.173. The predicted molar refractivity (Wildman–Crippen MR) is 54.8 cm³/mol. The van der Waals surface area contributed by atoms with E-state index in [4.69, 9.17) is 11.3 Å². The monoisotopic (exact) mass is 231 g/mol. The largest absolute Gasteiger partial charge is 0.416 e. The number of hydrogen-bond donors (Lipinski definition) is 2. The van der Waals surface area contributed by atoms with Gasteiger partial charge in [0.25, 0.3) is 0 Å². The molecule has 0 aromatic heterocycles. The Labute approximate surface area is 91.0 Å². The van der Waals surface area contributed by atoms with Gasteiger partial charge in [-0.3, -0.25) is 0 Å². The Morgan fingerprint density at radius 3 is 2.25 bits per heavy atom. The van der Waals surface area contributed by atoms with Crippen molar-refractivity contribution in [1.29, 1.82) is 5.53 Å². The molecule has 0 saturated carbocycles. The van der Waals surface area contributed by atoms with Crippen LogP contribution in [0.1, 0.15) is 30.9 Å². The van der Waals surface area contributed by atoms with E-state index in [-0.39, 0.29) is 17.3 Å². The summed E-state index contributed by atoms with van der Waals surface area (Å²) in [4.78, 5) is 0. The molecule has 16 heavy (non-hydrogen) atoms. The van der Waals surface area contributed by atoms with Gasteiger partial charge in [-0.2, -0.15) is 18.3 Å². The topological polar surface area (TPSA) is 62.2 Å². The third-order valence-electron chi connectivity index (χ3n) is 2.23. The Kier molecular flexibility index (Phi) is 3.21. The summed E-state index contributed by atoms with van der Waals surface area (Å²) >= 11 is 0. The predicted octanol–water partition coefficient (Wildman–Crippen LogP) is 4.07. The van der Waals surface area contributed by atoms with E-state index in [1.54, 1.807) is 13.8 Å². The van der Waals surface area contributed by atoms with Gasteiger partial charge in [-0.05, 0) is 23.6 Å². The number of nitrogens with zero attached hydrogens (tertiary/aromatic N) is 1. The maximum atomic E-state index is 12.5. The summed E-state index contributed by atoms with van der Waals surface area (Å²) in [7, 11) is 0. The summed E-state index contributed by atoms with van der Waals surface area (Å²) in [6.45, 7) is 3.45. The molecule has 88 valence electrons. The molecule has 3 N–H and O–H groups in total. The van der Waals surface area contributed by atoms with Crippen molar-refractivity contribution >= 4 is 11.4 Å². The molecule has 0 unspecified atom stereocenters. The molecule has 0 amide bonds. The van der Waals surface area contributed by atoms with Gasteiger partial charge in [0.15, 0.2) is 0 Å². The van der Waals surface area contributed by atoms with Crippen LogP contribution < -0.4 is 5.73 Å². The van der Waals surface area contributed by atoms with Gasteiger partial charge in [-0.15, -0.1) is 0 Å². The van der Waals surface area contributed by atoms with E-state index < -0.39 is 11.7 Å². The van der Waals surface area contributed by atoms with Crippen LogP contribution in [0.25, 0.3) is 0 Å². The maximum Gasteiger partial charge on any atom is 0.416 e. The van der Waals surface area contributed by atoms with Crippen molar-refractivity contribution < 1.29 is 13.2 Å². The normalized spacial score (nSPS) is 11.9. The molecule has 0 aliphatic heterocycles. The number of hydrogen-bond acceptors (Lipinski definition) is 3. The highest BCUT2D eigenvalue weighted by molar-refractivity contribution is 5.68. The van der Waals surface area contributed by atoms with Gasteiger partial charge >= 0.3 is 6.18 Å². The maximum absolute atomic E-state index is 12.5. The van der Waals surface area contributed by atoms with E-state index in [0.29, 0.717) is 5.56 Å². The third kappa shape index (κ3) is 2.32. The Morgan fingerprint density at radius 2 is 1.88 bits per heavy atom. The van der Waals surface area contributed by atoms with Gasteiger partial charge in [0.05, 0.1) is 11.3 Å². The van der Waals surface area contributed by atoms with Crippen LogP contribution in [0.2, 0.25) is 0 Å². The Bertz CT molecular complexity index is 411. The summed E-state index contributed by atoms with van der Waals surface area (Å²) in [6, 6.07) is 1.80. The SMILES string of the molecule is CC(C)c1cc(C(F)(F)F)cc(N)c1N=N. The number of nitrogen functional groups attached to an aromatic ring is 1. The van der Waals surface area contributed by atoms with Crippen LogP contribution >= 0.6 is 0 Å². The number of nitrogens with two attached hydrogens (primary N) is 1. The van der Waals surface area contributed by atoms with Crippen LogP contribution in [0.5, 0.6) is 0 Å². The first-order chi connectivity index (χ1) is 7.27. The van der Waals surface area contributed by atoms with Gasteiger partial charge in [0.1, 0.15) is 5.69 Å². The highest BCUT2D eigenvalue weighted by Gasteiger charge is 2.32. The molecule has 0 atom stereocenters. The van der Waals surface area contributed by atoms with Crippen molar-refractivity contribution in [2.75, 3.05) is 5.73 Å². The quantitative estimate of drug-likeness (QED) is 0.584. The molecule has 0 fully saturated rings. The smallest absolute Gasteiger partial charge is 0.397 e. The lowest BCUT2D eigenvalue weighted by Crippen LogP contribution is -2.07. The minimum Gasteiger partial charge on any atom is -0.397 e. The van der Waals surface area contributed by atoms with Crippen LogP contribution in [-0.4, -0.2) is 0 Å². The van der Waals surface area contributed by atoms with Crippen molar-refractivity contribution in [3.63, 3.8) is 0 Å². The molecule has 0 radical (unpaired) electrons. The van der Waals surface area contributed by atoms with Crippen LogP contribution in [0.4, 0.5) is 24.5 Å². The molecule has 0 bridgehead atoms. The van der Waals surface area contributed by atoms with Crippen LogP contribution in [0.15, 0.2) is 17.2 Å². The number of alkyl halides is 3. The number of benzene rings is 1. The van der Waals surface area contributed by atoms with Crippen LogP contribution in [0.3, 0.4) is 0 Å². The highest BCUT2D eigenvalue weighted by Crippen LogP contribution is 2.39.